The van der Waals surface area contributed by atoms with Gasteiger partial charge in [-0.3, -0.25) is 4.79 Å². The Labute approximate surface area is 146 Å². The van der Waals surface area contributed by atoms with Crippen LogP contribution in [0.25, 0.3) is 11.0 Å². The molecule has 1 aromatic carbocycles. The zero-order valence-corrected chi connectivity index (χ0v) is 13.5. The van der Waals surface area contributed by atoms with Crippen LogP contribution in [-0.2, 0) is 6.42 Å². The SMILES string of the molecule is O=C(c1ncco1)N1CCc2[nH]cnc2[C@H]1c1cc2cccc(F)c2o1. The molecule has 26 heavy (non-hydrogen) atoms. The van der Waals surface area contributed by atoms with E-state index in [1.54, 1.807) is 29.4 Å². The first-order chi connectivity index (χ1) is 12.7. The predicted molar refractivity (Wildman–Crippen MR) is 87.8 cm³/mol. The Morgan fingerprint density at radius 2 is 2.27 bits per heavy atom. The summed E-state index contributed by atoms with van der Waals surface area (Å²) in [6.07, 6.45) is 4.97. The van der Waals surface area contributed by atoms with Crippen LogP contribution in [0.3, 0.4) is 0 Å². The van der Waals surface area contributed by atoms with E-state index in [-0.39, 0.29) is 17.4 Å². The van der Waals surface area contributed by atoms with Crippen LogP contribution < -0.4 is 0 Å². The highest BCUT2D eigenvalue weighted by atomic mass is 19.1. The number of oxazole rings is 1. The molecule has 0 radical (unpaired) electrons. The summed E-state index contributed by atoms with van der Waals surface area (Å²) in [5, 5.41) is 0.631. The summed E-state index contributed by atoms with van der Waals surface area (Å²) in [6.45, 7) is 0.431. The number of para-hydroxylation sites is 1. The van der Waals surface area contributed by atoms with Crippen molar-refractivity contribution in [3.63, 3.8) is 0 Å². The Morgan fingerprint density at radius 1 is 1.35 bits per heavy atom. The Balaban J connectivity index is 1.66. The van der Waals surface area contributed by atoms with Crippen molar-refractivity contribution in [1.29, 1.82) is 0 Å². The first-order valence-corrected chi connectivity index (χ1v) is 8.13. The Bertz CT molecular complexity index is 1100. The molecular weight excluding hydrogens is 339 g/mol. The number of fused-ring (bicyclic) bond motifs is 2. The molecule has 1 amide bonds. The zero-order chi connectivity index (χ0) is 17.7. The summed E-state index contributed by atoms with van der Waals surface area (Å²) < 4.78 is 25.0. The van der Waals surface area contributed by atoms with E-state index in [1.165, 1.54) is 18.5 Å². The molecule has 1 aliphatic rings. The zero-order valence-electron chi connectivity index (χ0n) is 13.5. The second kappa shape index (κ2) is 5.55. The minimum atomic E-state index is -0.587. The molecule has 5 rings (SSSR count). The van der Waals surface area contributed by atoms with Crippen LogP contribution in [0.2, 0.25) is 0 Å². The fraction of sp³-hybridized carbons (Fsp3) is 0.167. The molecule has 8 heteroatoms. The summed E-state index contributed by atoms with van der Waals surface area (Å²) in [6, 6.07) is 5.87. The van der Waals surface area contributed by atoms with Crippen molar-refractivity contribution in [2.24, 2.45) is 0 Å². The maximum atomic E-state index is 14.1. The first-order valence-electron chi connectivity index (χ1n) is 8.13. The standard InChI is InChI=1S/C18H13FN4O3/c19-11-3-1-2-10-8-13(26-16(10)11)15-14-12(21-9-22-14)4-6-23(15)18(24)17-20-5-7-25-17/h1-3,5,7-9,15H,4,6H2,(H,21,22)/t15-/m1/s1. The van der Waals surface area contributed by atoms with Gasteiger partial charge in [0.25, 0.3) is 5.89 Å². The number of H-pyrrole nitrogens is 1. The molecule has 0 saturated heterocycles. The van der Waals surface area contributed by atoms with Gasteiger partial charge < -0.3 is 18.7 Å². The van der Waals surface area contributed by atoms with Crippen molar-refractivity contribution >= 4 is 16.9 Å². The van der Waals surface area contributed by atoms with E-state index in [9.17, 15) is 9.18 Å². The Kier molecular flexibility index (Phi) is 3.18. The van der Waals surface area contributed by atoms with Crippen LogP contribution in [-0.4, -0.2) is 32.3 Å². The average Bonchev–Trinajstić information content (AvgIpc) is 3.39. The fourth-order valence-electron chi connectivity index (χ4n) is 3.42. The van der Waals surface area contributed by atoms with Crippen LogP contribution in [0.15, 0.2) is 51.9 Å². The van der Waals surface area contributed by atoms with Gasteiger partial charge in [0.1, 0.15) is 18.1 Å². The molecule has 4 aromatic rings. The molecule has 0 saturated carbocycles. The van der Waals surface area contributed by atoms with E-state index in [2.05, 4.69) is 15.0 Å². The van der Waals surface area contributed by atoms with Gasteiger partial charge in [-0.1, -0.05) is 12.1 Å². The smallest absolute Gasteiger partial charge is 0.310 e. The molecule has 4 heterocycles. The highest BCUT2D eigenvalue weighted by molar-refractivity contribution is 5.90. The topological polar surface area (TPSA) is 88.2 Å². The third kappa shape index (κ3) is 2.15. The summed E-state index contributed by atoms with van der Waals surface area (Å²) in [7, 11) is 0. The molecular formula is C18H13FN4O3. The monoisotopic (exact) mass is 352 g/mol. The van der Waals surface area contributed by atoms with Crippen LogP contribution in [0, 0.1) is 5.82 Å². The lowest BCUT2D eigenvalue weighted by Gasteiger charge is -2.32. The summed E-state index contributed by atoms with van der Waals surface area (Å²) >= 11 is 0. The maximum Gasteiger partial charge on any atom is 0.310 e. The number of aromatic nitrogens is 3. The van der Waals surface area contributed by atoms with E-state index in [0.717, 1.165) is 5.69 Å². The van der Waals surface area contributed by atoms with Gasteiger partial charge in [0.15, 0.2) is 11.4 Å². The van der Waals surface area contributed by atoms with Gasteiger partial charge in [0, 0.05) is 24.0 Å². The van der Waals surface area contributed by atoms with E-state index in [4.69, 9.17) is 8.83 Å². The van der Waals surface area contributed by atoms with E-state index in [1.807, 2.05) is 0 Å². The quantitative estimate of drug-likeness (QED) is 0.599. The number of carbonyl (C=O) groups excluding carboxylic acids is 1. The molecule has 1 atom stereocenters. The van der Waals surface area contributed by atoms with Crippen molar-refractivity contribution in [3.05, 3.63) is 71.9 Å². The number of nitrogens with one attached hydrogen (secondary N) is 1. The molecule has 1 aliphatic heterocycles. The number of imidazole rings is 1. The number of rotatable bonds is 2. The van der Waals surface area contributed by atoms with Crippen molar-refractivity contribution in [1.82, 2.24) is 19.9 Å². The third-order valence-electron chi connectivity index (χ3n) is 4.59. The Morgan fingerprint density at radius 3 is 3.08 bits per heavy atom. The summed E-state index contributed by atoms with van der Waals surface area (Å²) in [5.41, 5.74) is 1.76. The van der Waals surface area contributed by atoms with Crippen LogP contribution in [0.5, 0.6) is 0 Å². The molecule has 3 aromatic heterocycles. The van der Waals surface area contributed by atoms with Crippen LogP contribution in [0.1, 0.15) is 33.9 Å². The van der Waals surface area contributed by atoms with Crippen molar-refractivity contribution in [2.45, 2.75) is 12.5 Å². The lowest BCUT2D eigenvalue weighted by atomic mass is 10.00. The number of hydrogen-bond acceptors (Lipinski definition) is 5. The molecule has 130 valence electrons. The number of nitrogens with zero attached hydrogens (tertiary/aromatic N) is 3. The number of hydrogen-bond donors (Lipinski definition) is 1. The van der Waals surface area contributed by atoms with Gasteiger partial charge in [-0.05, 0) is 12.1 Å². The average molecular weight is 352 g/mol. The predicted octanol–water partition coefficient (Wildman–Crippen LogP) is 3.07. The largest absolute Gasteiger partial charge is 0.455 e. The molecule has 0 spiro atoms. The molecule has 1 N–H and O–H groups in total. The Hall–Kier alpha value is -3.42. The second-order valence-corrected chi connectivity index (χ2v) is 6.06. The fourth-order valence-corrected chi connectivity index (χ4v) is 3.42. The van der Waals surface area contributed by atoms with Gasteiger partial charge in [0.2, 0.25) is 0 Å². The summed E-state index contributed by atoms with van der Waals surface area (Å²) in [4.78, 5) is 25.9. The van der Waals surface area contributed by atoms with E-state index < -0.39 is 11.9 Å². The normalized spacial score (nSPS) is 16.8. The lowest BCUT2D eigenvalue weighted by molar-refractivity contribution is 0.0632. The maximum absolute atomic E-state index is 14.1. The van der Waals surface area contributed by atoms with Crippen molar-refractivity contribution < 1.29 is 18.0 Å². The third-order valence-corrected chi connectivity index (χ3v) is 4.59. The molecule has 0 bridgehead atoms. The second-order valence-electron chi connectivity index (χ2n) is 6.06. The minimum absolute atomic E-state index is 0.00345. The van der Waals surface area contributed by atoms with Crippen LogP contribution >= 0.6 is 0 Å². The van der Waals surface area contributed by atoms with Gasteiger partial charge in [-0.2, -0.15) is 0 Å². The van der Waals surface area contributed by atoms with Crippen LogP contribution in [0.4, 0.5) is 4.39 Å². The molecule has 0 unspecified atom stereocenters. The number of aromatic amines is 1. The number of benzene rings is 1. The number of furan rings is 1. The molecule has 0 fully saturated rings. The van der Waals surface area contributed by atoms with Crippen molar-refractivity contribution in [3.8, 4) is 0 Å². The highest BCUT2D eigenvalue weighted by Crippen LogP contribution is 2.37. The lowest BCUT2D eigenvalue weighted by Crippen LogP contribution is -2.40. The van der Waals surface area contributed by atoms with Gasteiger partial charge in [0.05, 0.1) is 18.2 Å². The number of carbonyl (C=O) groups is 1. The number of halogens is 1. The molecule has 7 nitrogen and oxygen atoms in total. The summed E-state index contributed by atoms with van der Waals surface area (Å²) in [5.74, 6) is -0.374. The van der Waals surface area contributed by atoms with Gasteiger partial charge >= 0.3 is 5.91 Å². The van der Waals surface area contributed by atoms with Gasteiger partial charge in [-0.25, -0.2) is 14.4 Å². The minimum Gasteiger partial charge on any atom is -0.455 e. The number of amides is 1. The first kappa shape index (κ1) is 14.9. The van der Waals surface area contributed by atoms with Crippen molar-refractivity contribution in [2.75, 3.05) is 6.54 Å². The van der Waals surface area contributed by atoms with Gasteiger partial charge in [-0.15, -0.1) is 0 Å². The molecule has 0 aliphatic carbocycles. The van der Waals surface area contributed by atoms with E-state index >= 15 is 0 Å². The highest BCUT2D eigenvalue weighted by Gasteiger charge is 2.38. The van der Waals surface area contributed by atoms with E-state index in [0.29, 0.717) is 29.8 Å².